The summed E-state index contributed by atoms with van der Waals surface area (Å²) in [6.07, 6.45) is 7.66. The number of nitrogens with zero attached hydrogens (tertiary/aromatic N) is 7. The SMILES string of the molecule is COc1cc(OC)c(Cl)c(-c2ccc(C(=O)Nc3ccc(CN4CCN(C)C(C)(C)C4)nc3)c3nccnc23)c1Cl.COc1cc(OC)c(Cl)c(-c2ccc(C(=O)O)c3nccnc23)c1Cl. The number of carboxylic acids is 1. The predicted molar refractivity (Wildman–Crippen MR) is 257 cm³/mol. The summed E-state index contributed by atoms with van der Waals surface area (Å²) in [7, 11) is 8.14. The first kappa shape index (κ1) is 47.9. The number of nitrogens with one attached hydrogen (secondary N) is 1. The Morgan fingerprint density at radius 2 is 1.11 bits per heavy atom. The fourth-order valence-corrected chi connectivity index (χ4v) is 9.02. The molecule has 0 spiro atoms. The standard InChI is InChI=1S/C30H32Cl2N6O3.C17H12Cl2N2O4/c1-30(2)17-38(13-12-37(30)3)16-19-7-6-18(15-35-19)36-29(39)21-9-8-20(27-28(21)34-11-10-33-27)24-25(31)22(40-4)14-23(41-5)26(24)32;1-24-10-7-11(25-2)14(19)12(13(10)18)8-3-4-9(17(22)23)16-15(8)20-5-6-21-16/h6-11,14-15H,12-13,16-17H2,1-5H3,(H,36,39);3-7H,1-2H3,(H,22,23). The molecule has 0 unspecified atom stereocenters. The number of halogens is 4. The number of aromatic nitrogens is 5. The van der Waals surface area contributed by atoms with Crippen molar-refractivity contribution in [3.8, 4) is 45.3 Å². The smallest absolute Gasteiger partial charge is 0.337 e. The molecular weight excluding hydrogens is 930 g/mol. The summed E-state index contributed by atoms with van der Waals surface area (Å²) in [4.78, 5) is 51.6. The Morgan fingerprint density at radius 3 is 1.53 bits per heavy atom. The molecule has 1 saturated heterocycles. The molecule has 0 bridgehead atoms. The zero-order valence-corrected chi connectivity index (χ0v) is 39.9. The molecule has 0 saturated carbocycles. The molecule has 8 rings (SSSR count). The number of carboxylic acid groups (broad SMARTS) is 1. The van der Waals surface area contributed by atoms with E-state index in [9.17, 15) is 14.7 Å². The number of methoxy groups -OCH3 is 4. The van der Waals surface area contributed by atoms with Crippen LogP contribution in [0.1, 0.15) is 40.3 Å². The number of rotatable bonds is 11. The van der Waals surface area contributed by atoms with Gasteiger partial charge in [-0.25, -0.2) is 4.79 Å². The van der Waals surface area contributed by atoms with Crippen LogP contribution in [-0.4, -0.2) is 112 Å². The van der Waals surface area contributed by atoms with Gasteiger partial charge in [0.25, 0.3) is 5.91 Å². The lowest BCUT2D eigenvalue weighted by molar-refractivity contribution is 0.0354. The fraction of sp³-hybridized carbons (Fsp3) is 0.255. The number of amides is 1. The highest BCUT2D eigenvalue weighted by Crippen LogP contribution is 2.49. The lowest BCUT2D eigenvalue weighted by Crippen LogP contribution is -2.57. The zero-order chi connectivity index (χ0) is 47.4. The molecule has 66 heavy (non-hydrogen) atoms. The molecule has 0 aliphatic carbocycles. The number of pyridine rings is 1. The van der Waals surface area contributed by atoms with Crippen molar-refractivity contribution in [2.45, 2.75) is 25.9 Å². The van der Waals surface area contributed by atoms with E-state index in [0.717, 1.165) is 31.9 Å². The number of ether oxygens (including phenoxy) is 4. The number of aromatic carboxylic acids is 1. The number of likely N-dealkylation sites (N-methyl/N-ethyl adjacent to an activating group) is 1. The van der Waals surface area contributed by atoms with Crippen molar-refractivity contribution < 1.29 is 33.6 Å². The van der Waals surface area contributed by atoms with E-state index in [4.69, 9.17) is 65.4 Å². The Balaban J connectivity index is 0.000000221. The number of piperazine rings is 1. The number of hydrogen-bond acceptors (Lipinski definition) is 13. The third-order valence-corrected chi connectivity index (χ3v) is 12.8. The number of benzene rings is 4. The summed E-state index contributed by atoms with van der Waals surface area (Å²) < 4.78 is 21.4. The van der Waals surface area contributed by atoms with Gasteiger partial charge in [-0.15, -0.1) is 0 Å². The predicted octanol–water partition coefficient (Wildman–Crippen LogP) is 10.1. The minimum atomic E-state index is -1.10. The van der Waals surface area contributed by atoms with E-state index in [1.165, 1.54) is 53.1 Å². The highest BCUT2D eigenvalue weighted by atomic mass is 35.5. The van der Waals surface area contributed by atoms with Crippen molar-refractivity contribution >= 4 is 86.0 Å². The molecule has 7 aromatic rings. The third-order valence-electron chi connectivity index (χ3n) is 11.3. The first-order valence-corrected chi connectivity index (χ1v) is 21.7. The van der Waals surface area contributed by atoms with E-state index < -0.39 is 5.97 Å². The molecule has 2 N–H and O–H groups in total. The fourth-order valence-electron chi connectivity index (χ4n) is 7.61. The van der Waals surface area contributed by atoms with Crippen LogP contribution >= 0.6 is 46.4 Å². The van der Waals surface area contributed by atoms with Gasteiger partial charge in [0.2, 0.25) is 0 Å². The molecule has 4 heterocycles. The minimum absolute atomic E-state index is 0.0361. The lowest BCUT2D eigenvalue weighted by atomic mass is 9.99. The average molecular weight is 975 g/mol. The highest BCUT2D eigenvalue weighted by Gasteiger charge is 2.31. The number of hydrogen-bond donors (Lipinski definition) is 2. The van der Waals surface area contributed by atoms with Gasteiger partial charge in [-0.05, 0) is 45.2 Å². The van der Waals surface area contributed by atoms with E-state index in [0.29, 0.717) is 83.1 Å². The maximum absolute atomic E-state index is 13.4. The summed E-state index contributed by atoms with van der Waals surface area (Å²) in [5.41, 5.74) is 5.53. The van der Waals surface area contributed by atoms with E-state index in [-0.39, 0.29) is 32.6 Å². The Bertz CT molecular complexity index is 2920. The van der Waals surface area contributed by atoms with Gasteiger partial charge in [-0.3, -0.25) is 39.5 Å². The molecule has 0 radical (unpaired) electrons. The van der Waals surface area contributed by atoms with Crippen LogP contribution in [0.5, 0.6) is 23.0 Å². The molecule has 1 fully saturated rings. The van der Waals surface area contributed by atoms with Gasteiger partial charge in [-0.2, -0.15) is 0 Å². The van der Waals surface area contributed by atoms with Crippen molar-refractivity contribution in [2.75, 3.05) is 60.4 Å². The van der Waals surface area contributed by atoms with Crippen LogP contribution in [0.25, 0.3) is 44.3 Å². The molecule has 1 amide bonds. The molecule has 3 aromatic heterocycles. The van der Waals surface area contributed by atoms with Gasteiger partial charge in [-0.1, -0.05) is 58.5 Å². The van der Waals surface area contributed by atoms with E-state index in [1.807, 2.05) is 12.1 Å². The summed E-state index contributed by atoms with van der Waals surface area (Å²) in [5, 5.41) is 13.4. The van der Waals surface area contributed by atoms with Crippen LogP contribution < -0.4 is 24.3 Å². The lowest BCUT2D eigenvalue weighted by Gasteiger charge is -2.45. The zero-order valence-electron chi connectivity index (χ0n) is 36.9. The molecule has 15 nitrogen and oxygen atoms in total. The van der Waals surface area contributed by atoms with Crippen LogP contribution in [0, 0.1) is 0 Å². The molecule has 1 aliphatic heterocycles. The normalized spacial score (nSPS) is 13.7. The first-order chi connectivity index (χ1) is 31.6. The number of fused-ring (bicyclic) bond motifs is 2. The minimum Gasteiger partial charge on any atom is -0.495 e. The van der Waals surface area contributed by atoms with Gasteiger partial charge in [0, 0.05) is 90.9 Å². The van der Waals surface area contributed by atoms with Crippen LogP contribution in [0.3, 0.4) is 0 Å². The van der Waals surface area contributed by atoms with Crippen LogP contribution in [-0.2, 0) is 6.54 Å². The van der Waals surface area contributed by atoms with Crippen molar-refractivity contribution in [2.24, 2.45) is 0 Å². The second kappa shape index (κ2) is 20.2. The number of carbonyl (C=O) groups excluding carboxylic acids is 1. The number of anilines is 1. The molecule has 1 aliphatic rings. The quantitative estimate of drug-likeness (QED) is 0.125. The Kier molecular flexibility index (Phi) is 14.7. The maximum atomic E-state index is 13.4. The number of carbonyl (C=O) groups is 2. The van der Waals surface area contributed by atoms with Gasteiger partial charge >= 0.3 is 5.97 Å². The topological polar surface area (TPSA) is 174 Å². The van der Waals surface area contributed by atoms with Crippen molar-refractivity contribution in [3.05, 3.63) is 116 Å². The monoisotopic (exact) mass is 972 g/mol. The summed E-state index contributed by atoms with van der Waals surface area (Å²) in [6, 6.07) is 13.5. The first-order valence-electron chi connectivity index (χ1n) is 20.2. The Labute approximate surface area is 400 Å². The van der Waals surface area contributed by atoms with E-state index >= 15 is 0 Å². The van der Waals surface area contributed by atoms with Crippen LogP contribution in [0.2, 0.25) is 20.1 Å². The van der Waals surface area contributed by atoms with Crippen molar-refractivity contribution in [3.63, 3.8) is 0 Å². The van der Waals surface area contributed by atoms with Gasteiger partial charge in [0.15, 0.2) is 0 Å². The van der Waals surface area contributed by atoms with Crippen LogP contribution in [0.4, 0.5) is 5.69 Å². The Hall–Kier alpha value is -6.07. The van der Waals surface area contributed by atoms with Gasteiger partial charge in [0.05, 0.1) is 88.3 Å². The van der Waals surface area contributed by atoms with Crippen molar-refractivity contribution in [1.82, 2.24) is 34.7 Å². The van der Waals surface area contributed by atoms with Gasteiger partial charge < -0.3 is 29.4 Å². The average Bonchev–Trinajstić information content (AvgIpc) is 3.31. The second-order valence-corrected chi connectivity index (χ2v) is 17.2. The molecule has 19 heteroatoms. The Morgan fingerprint density at radius 1 is 0.652 bits per heavy atom. The summed E-state index contributed by atoms with van der Waals surface area (Å²) >= 11 is 26.3. The third kappa shape index (κ3) is 9.59. The van der Waals surface area contributed by atoms with E-state index in [1.54, 1.807) is 42.7 Å². The summed E-state index contributed by atoms with van der Waals surface area (Å²) in [5.74, 6) is 0.105. The summed E-state index contributed by atoms with van der Waals surface area (Å²) in [6.45, 7) is 8.23. The van der Waals surface area contributed by atoms with Crippen LogP contribution in [0.15, 0.2) is 79.5 Å². The second-order valence-electron chi connectivity index (χ2n) is 15.6. The maximum Gasteiger partial charge on any atom is 0.337 e. The molecule has 4 aromatic carbocycles. The largest absolute Gasteiger partial charge is 0.495 e. The molecule has 0 atom stereocenters. The van der Waals surface area contributed by atoms with Crippen molar-refractivity contribution in [1.29, 1.82) is 0 Å². The van der Waals surface area contributed by atoms with E-state index in [2.05, 4.69) is 60.9 Å². The van der Waals surface area contributed by atoms with Gasteiger partial charge in [0.1, 0.15) is 34.0 Å². The molecule has 342 valence electrons. The highest BCUT2D eigenvalue weighted by molar-refractivity contribution is 6.42. The molecular formula is C47H44Cl4N8O7.